The van der Waals surface area contributed by atoms with Gasteiger partial charge in [-0.1, -0.05) is 27.2 Å². The second-order valence-electron chi connectivity index (χ2n) is 4.53. The zero-order valence-corrected chi connectivity index (χ0v) is 11.8. The molecule has 98 valence electrons. The van der Waals surface area contributed by atoms with Gasteiger partial charge in [0.15, 0.2) is 0 Å². The molecule has 17 heavy (non-hydrogen) atoms. The summed E-state index contributed by atoms with van der Waals surface area (Å²) in [5, 5.41) is 8.27. The molecule has 0 amide bonds. The van der Waals surface area contributed by atoms with E-state index in [1.165, 1.54) is 30.7 Å². The molecule has 1 aromatic rings. The minimum absolute atomic E-state index is 0.465. The highest BCUT2D eigenvalue weighted by atomic mass is 15.3. The highest BCUT2D eigenvalue weighted by Crippen LogP contribution is 2.20. The lowest BCUT2D eigenvalue weighted by molar-refractivity contribution is 0.452. The van der Waals surface area contributed by atoms with Gasteiger partial charge in [-0.25, -0.2) is 0 Å². The van der Waals surface area contributed by atoms with Crippen LogP contribution in [0.25, 0.3) is 0 Å². The molecule has 3 nitrogen and oxygen atoms in total. The Hall–Kier alpha value is -0.830. The first-order valence-electron chi connectivity index (χ1n) is 7.06. The molecule has 1 unspecified atom stereocenters. The summed E-state index contributed by atoms with van der Waals surface area (Å²) in [5.41, 5.74) is 2.57. The van der Waals surface area contributed by atoms with Gasteiger partial charge in [0.25, 0.3) is 0 Å². The van der Waals surface area contributed by atoms with Crippen molar-refractivity contribution in [2.24, 2.45) is 0 Å². The molecule has 1 rings (SSSR count). The van der Waals surface area contributed by atoms with E-state index in [4.69, 9.17) is 0 Å². The molecule has 0 bridgehead atoms. The average Bonchev–Trinajstić information content (AvgIpc) is 2.77. The molecule has 1 aromatic heterocycles. The zero-order valence-electron chi connectivity index (χ0n) is 11.8. The Morgan fingerprint density at radius 1 is 1.24 bits per heavy atom. The molecule has 1 heterocycles. The van der Waals surface area contributed by atoms with Crippen LogP contribution in [0.15, 0.2) is 6.07 Å². The largest absolute Gasteiger partial charge is 0.309 e. The van der Waals surface area contributed by atoms with Crippen molar-refractivity contribution in [3.05, 3.63) is 17.5 Å². The van der Waals surface area contributed by atoms with Crippen molar-refractivity contribution < 1.29 is 0 Å². The van der Waals surface area contributed by atoms with Gasteiger partial charge in [0.1, 0.15) is 0 Å². The summed E-state index contributed by atoms with van der Waals surface area (Å²) in [7, 11) is 0. The maximum atomic E-state index is 4.64. The van der Waals surface area contributed by atoms with Crippen molar-refractivity contribution >= 4 is 0 Å². The fourth-order valence-electron chi connectivity index (χ4n) is 2.16. The van der Waals surface area contributed by atoms with Gasteiger partial charge in [0.05, 0.1) is 11.4 Å². The summed E-state index contributed by atoms with van der Waals surface area (Å²) in [6.07, 6.45) is 4.60. The summed E-state index contributed by atoms with van der Waals surface area (Å²) in [5.74, 6) is 0. The van der Waals surface area contributed by atoms with Crippen LogP contribution in [0.1, 0.15) is 64.4 Å². The van der Waals surface area contributed by atoms with Crippen molar-refractivity contribution in [2.75, 3.05) is 6.54 Å². The van der Waals surface area contributed by atoms with Crippen LogP contribution in [0.2, 0.25) is 0 Å². The van der Waals surface area contributed by atoms with Crippen LogP contribution in [-0.2, 0) is 13.0 Å². The number of rotatable bonds is 8. The van der Waals surface area contributed by atoms with E-state index in [0.29, 0.717) is 6.04 Å². The van der Waals surface area contributed by atoms with Gasteiger partial charge in [-0.2, -0.15) is 5.10 Å². The van der Waals surface area contributed by atoms with Crippen molar-refractivity contribution in [3.63, 3.8) is 0 Å². The minimum atomic E-state index is 0.465. The minimum Gasteiger partial charge on any atom is -0.309 e. The van der Waals surface area contributed by atoms with Crippen LogP contribution in [0.5, 0.6) is 0 Å². The molecule has 0 aliphatic carbocycles. The Kier molecular flexibility index (Phi) is 6.27. The van der Waals surface area contributed by atoms with Crippen molar-refractivity contribution in [3.8, 4) is 0 Å². The Morgan fingerprint density at radius 2 is 2.00 bits per heavy atom. The number of hydrogen-bond acceptors (Lipinski definition) is 2. The molecule has 0 saturated carbocycles. The fourth-order valence-corrected chi connectivity index (χ4v) is 2.16. The number of aromatic nitrogens is 2. The lowest BCUT2D eigenvalue weighted by atomic mass is 10.1. The molecule has 0 radical (unpaired) electrons. The molecule has 0 aliphatic heterocycles. The fraction of sp³-hybridized carbons (Fsp3) is 0.786. The molecular weight excluding hydrogens is 210 g/mol. The third-order valence-corrected chi connectivity index (χ3v) is 3.10. The Balaban J connectivity index is 2.86. The van der Waals surface area contributed by atoms with E-state index in [-0.39, 0.29) is 0 Å². The normalized spacial score (nSPS) is 12.9. The Bertz CT molecular complexity index is 317. The molecule has 1 N–H and O–H groups in total. The third-order valence-electron chi connectivity index (χ3n) is 3.10. The number of nitrogens with zero attached hydrogens (tertiary/aromatic N) is 2. The molecule has 0 fully saturated rings. The maximum Gasteiger partial charge on any atom is 0.0625 e. The molecule has 0 saturated heterocycles. The van der Waals surface area contributed by atoms with E-state index in [2.05, 4.69) is 48.9 Å². The molecule has 1 atom stereocenters. The molecule has 0 spiro atoms. The van der Waals surface area contributed by atoms with Crippen molar-refractivity contribution in [1.29, 1.82) is 0 Å². The first-order valence-corrected chi connectivity index (χ1v) is 7.06. The smallest absolute Gasteiger partial charge is 0.0625 e. The van der Waals surface area contributed by atoms with Crippen LogP contribution in [0.3, 0.4) is 0 Å². The van der Waals surface area contributed by atoms with E-state index in [1.807, 2.05) is 0 Å². The summed E-state index contributed by atoms with van der Waals surface area (Å²) in [6, 6.07) is 2.74. The van der Waals surface area contributed by atoms with Crippen LogP contribution in [0, 0.1) is 0 Å². The predicted octanol–water partition coefficient (Wildman–Crippen LogP) is 3.31. The maximum absolute atomic E-state index is 4.64. The molecule has 0 aliphatic rings. The van der Waals surface area contributed by atoms with Gasteiger partial charge >= 0.3 is 0 Å². The summed E-state index contributed by atoms with van der Waals surface area (Å²) in [6.45, 7) is 10.8. The SMILES string of the molecule is CCCNC(CCC)c1cc(CC)nn1CC. The summed E-state index contributed by atoms with van der Waals surface area (Å²) < 4.78 is 2.15. The lowest BCUT2D eigenvalue weighted by Gasteiger charge is -2.18. The second kappa shape index (κ2) is 7.49. The Morgan fingerprint density at radius 3 is 2.53 bits per heavy atom. The first kappa shape index (κ1) is 14.2. The monoisotopic (exact) mass is 237 g/mol. The average molecular weight is 237 g/mol. The van der Waals surface area contributed by atoms with Gasteiger partial charge in [-0.05, 0) is 38.8 Å². The van der Waals surface area contributed by atoms with Crippen LogP contribution < -0.4 is 5.32 Å². The van der Waals surface area contributed by atoms with E-state index >= 15 is 0 Å². The first-order chi connectivity index (χ1) is 8.26. The number of aryl methyl sites for hydroxylation is 2. The van der Waals surface area contributed by atoms with Gasteiger partial charge in [0.2, 0.25) is 0 Å². The topological polar surface area (TPSA) is 29.9 Å². The third kappa shape index (κ3) is 3.84. The zero-order chi connectivity index (χ0) is 12.7. The molecule has 3 heteroatoms. The van der Waals surface area contributed by atoms with E-state index in [0.717, 1.165) is 19.5 Å². The van der Waals surface area contributed by atoms with Gasteiger partial charge in [-0.3, -0.25) is 4.68 Å². The van der Waals surface area contributed by atoms with E-state index in [1.54, 1.807) is 0 Å². The summed E-state index contributed by atoms with van der Waals surface area (Å²) in [4.78, 5) is 0. The number of hydrogen-bond donors (Lipinski definition) is 1. The molecule has 0 aromatic carbocycles. The highest BCUT2D eigenvalue weighted by Gasteiger charge is 2.15. The highest BCUT2D eigenvalue weighted by molar-refractivity contribution is 5.14. The van der Waals surface area contributed by atoms with Gasteiger partial charge in [0, 0.05) is 12.6 Å². The Labute approximate surface area is 106 Å². The van der Waals surface area contributed by atoms with Gasteiger partial charge < -0.3 is 5.32 Å². The van der Waals surface area contributed by atoms with E-state index in [9.17, 15) is 0 Å². The number of nitrogens with one attached hydrogen (secondary N) is 1. The molecular formula is C14H27N3. The van der Waals surface area contributed by atoms with Crippen LogP contribution in [0.4, 0.5) is 0 Å². The standard InChI is InChI=1S/C14H27N3/c1-5-9-13(15-10-6-2)14-11-12(7-3)16-17(14)8-4/h11,13,15H,5-10H2,1-4H3. The van der Waals surface area contributed by atoms with E-state index < -0.39 is 0 Å². The van der Waals surface area contributed by atoms with Crippen molar-refractivity contribution in [1.82, 2.24) is 15.1 Å². The lowest BCUT2D eigenvalue weighted by Crippen LogP contribution is -2.24. The summed E-state index contributed by atoms with van der Waals surface area (Å²) >= 11 is 0. The van der Waals surface area contributed by atoms with Crippen LogP contribution in [-0.4, -0.2) is 16.3 Å². The quantitative estimate of drug-likeness (QED) is 0.752. The van der Waals surface area contributed by atoms with Crippen molar-refractivity contribution in [2.45, 2.75) is 66.0 Å². The second-order valence-corrected chi connectivity index (χ2v) is 4.53. The van der Waals surface area contributed by atoms with Crippen LogP contribution >= 0.6 is 0 Å². The predicted molar refractivity (Wildman–Crippen MR) is 73.2 cm³/mol. The van der Waals surface area contributed by atoms with Gasteiger partial charge in [-0.15, -0.1) is 0 Å².